The molecule has 302 valence electrons. The third-order valence-corrected chi connectivity index (χ3v) is 14.1. The van der Waals surface area contributed by atoms with Crippen molar-refractivity contribution in [3.05, 3.63) is 116 Å². The predicted octanol–water partition coefficient (Wildman–Crippen LogP) is 6.61. The number of sulfonamides is 1. The quantitative estimate of drug-likeness (QED) is 0.136. The third-order valence-electron chi connectivity index (χ3n) is 11.0. The number of amides is 2. The predicted molar refractivity (Wildman–Crippen MR) is 214 cm³/mol. The van der Waals surface area contributed by atoms with Crippen molar-refractivity contribution >= 4 is 49.8 Å². The normalized spacial score (nSPS) is 18.2. The van der Waals surface area contributed by atoms with Crippen LogP contribution in [0.5, 0.6) is 0 Å². The zero-order valence-corrected chi connectivity index (χ0v) is 33.6. The van der Waals surface area contributed by atoms with Crippen LogP contribution in [-0.4, -0.2) is 87.2 Å². The minimum atomic E-state index is -3.42. The van der Waals surface area contributed by atoms with Crippen molar-refractivity contribution < 1.29 is 41.1 Å². The number of anilines is 2. The van der Waals surface area contributed by atoms with Crippen LogP contribution in [0, 0.1) is 11.6 Å². The van der Waals surface area contributed by atoms with Gasteiger partial charge in [-0.05, 0) is 104 Å². The van der Waals surface area contributed by atoms with E-state index in [0.29, 0.717) is 54.2 Å². The van der Waals surface area contributed by atoms with Gasteiger partial charge in [-0.1, -0.05) is 24.3 Å². The summed E-state index contributed by atoms with van der Waals surface area (Å²) in [6, 6.07) is 15.9. The number of fused-ring (bicyclic) bond motifs is 3. The first-order valence-corrected chi connectivity index (χ1v) is 21.6. The molecule has 2 aliphatic heterocycles. The van der Waals surface area contributed by atoms with Gasteiger partial charge in [0.05, 0.1) is 30.6 Å². The molecule has 2 amide bonds. The van der Waals surface area contributed by atoms with Crippen LogP contribution in [0.15, 0.2) is 60.7 Å². The van der Waals surface area contributed by atoms with Gasteiger partial charge in [0.25, 0.3) is 11.8 Å². The van der Waals surface area contributed by atoms with Gasteiger partial charge in [-0.3, -0.25) is 14.5 Å². The van der Waals surface area contributed by atoms with Crippen LogP contribution in [-0.2, 0) is 51.7 Å². The molecule has 15 heteroatoms. The molecule has 0 radical (unpaired) electrons. The van der Waals surface area contributed by atoms with Gasteiger partial charge in [-0.25, -0.2) is 22.0 Å². The van der Waals surface area contributed by atoms with Gasteiger partial charge < -0.3 is 20.1 Å². The Hall–Kier alpha value is -4.54. The van der Waals surface area contributed by atoms with E-state index in [1.54, 1.807) is 34.6 Å². The lowest BCUT2D eigenvalue weighted by Gasteiger charge is -2.40. The van der Waals surface area contributed by atoms with E-state index in [1.807, 2.05) is 18.2 Å². The maximum absolute atomic E-state index is 15.3. The lowest BCUT2D eigenvalue weighted by molar-refractivity contribution is 0.0600. The fraction of sp³-hybridized carbons (Fsp3) is 0.405. The van der Waals surface area contributed by atoms with E-state index in [1.165, 1.54) is 25.6 Å². The second-order valence-electron chi connectivity index (χ2n) is 14.8. The number of rotatable bonds is 14. The largest absolute Gasteiger partial charge is 0.465 e. The highest BCUT2D eigenvalue weighted by Crippen LogP contribution is 2.39. The minimum Gasteiger partial charge on any atom is -0.465 e. The number of halogens is 2. The van der Waals surface area contributed by atoms with Crippen LogP contribution in [0.25, 0.3) is 0 Å². The second kappa shape index (κ2) is 17.5. The lowest BCUT2D eigenvalue weighted by atomic mass is 9.95. The number of hydrogen-bond donors (Lipinski definition) is 2. The Bertz CT molecular complexity index is 2230. The average molecular weight is 821 g/mol. The summed E-state index contributed by atoms with van der Waals surface area (Å²) < 4.78 is 68.1. The number of piperazine rings is 1. The molecule has 1 aromatic heterocycles. The summed E-state index contributed by atoms with van der Waals surface area (Å²) in [5.74, 6) is -3.04. The summed E-state index contributed by atoms with van der Waals surface area (Å²) in [5.41, 5.74) is 3.46. The molecule has 3 heterocycles. The summed E-state index contributed by atoms with van der Waals surface area (Å²) in [6.07, 6.45) is 5.24. The van der Waals surface area contributed by atoms with Crippen LogP contribution in [0.3, 0.4) is 0 Å². The fourth-order valence-corrected chi connectivity index (χ4v) is 11.4. The Kier molecular flexibility index (Phi) is 12.5. The van der Waals surface area contributed by atoms with Crippen molar-refractivity contribution in [3.8, 4) is 0 Å². The highest BCUT2D eigenvalue weighted by molar-refractivity contribution is 7.89. The summed E-state index contributed by atoms with van der Waals surface area (Å²) in [5, 5.41) is 6.03. The van der Waals surface area contributed by atoms with Crippen LogP contribution >= 0.6 is 11.3 Å². The molecule has 2 bridgehead atoms. The second-order valence-corrected chi connectivity index (χ2v) is 17.9. The summed E-state index contributed by atoms with van der Waals surface area (Å²) in [6.45, 7) is 1.91. The van der Waals surface area contributed by atoms with Gasteiger partial charge in [0.1, 0.15) is 16.6 Å². The van der Waals surface area contributed by atoms with E-state index in [2.05, 4.69) is 15.5 Å². The first-order valence-electron chi connectivity index (χ1n) is 19.2. The first-order chi connectivity index (χ1) is 27.4. The van der Waals surface area contributed by atoms with Gasteiger partial charge in [-0.2, -0.15) is 4.31 Å². The number of carbonyl (C=O) groups is 3. The van der Waals surface area contributed by atoms with Crippen molar-refractivity contribution in [1.29, 1.82) is 0 Å². The Morgan fingerprint density at radius 3 is 2.23 bits per heavy atom. The molecule has 3 aliphatic rings. The summed E-state index contributed by atoms with van der Waals surface area (Å²) >= 11 is 1.35. The van der Waals surface area contributed by atoms with E-state index < -0.39 is 33.5 Å². The van der Waals surface area contributed by atoms with Crippen LogP contribution in [0.2, 0.25) is 0 Å². The fourth-order valence-electron chi connectivity index (χ4n) is 8.27. The average Bonchev–Trinajstić information content (AvgIpc) is 3.71. The SMILES string of the molecule is COCCS(=O)(=O)N1C2CCC1CN(Cc1cccc(C(=O)Nc3sc4c(c3C(=O)Nc3cc(F)c(CCc5ccc(C(=O)OC)cc5)c(F)c3)CCCC4)c1)C2. The van der Waals surface area contributed by atoms with Crippen molar-refractivity contribution in [1.82, 2.24) is 9.21 Å². The van der Waals surface area contributed by atoms with Crippen molar-refractivity contribution in [2.75, 3.05) is 50.3 Å². The number of likely N-dealkylation sites (tertiary alicyclic amines) is 1. The van der Waals surface area contributed by atoms with E-state index in [-0.39, 0.29) is 48.0 Å². The number of aryl methyl sites for hydroxylation is 2. The molecule has 0 saturated carbocycles. The van der Waals surface area contributed by atoms with Crippen molar-refractivity contribution in [3.63, 3.8) is 0 Å². The standard InChI is InChI=1S/C42H46F2N4O7S2/c1-54-18-19-57(52,53)48-31-15-16-32(48)25-47(24-31)23-27-6-5-7-29(20-27)39(49)46-41-38(34-8-3-4-9-37(34)56-41)40(50)45-30-21-35(43)33(36(44)22-30)17-12-26-10-13-28(14-11-26)42(51)55-2/h5-7,10-11,13-14,20-22,31-32H,3-4,8-9,12,15-19,23-25H2,1-2H3,(H,45,50)(H,46,49). The van der Waals surface area contributed by atoms with E-state index in [9.17, 15) is 22.8 Å². The molecule has 2 fully saturated rings. The molecule has 2 N–H and O–H groups in total. The Morgan fingerprint density at radius 1 is 0.842 bits per heavy atom. The van der Waals surface area contributed by atoms with Gasteiger partial charge in [0.15, 0.2) is 0 Å². The third kappa shape index (κ3) is 9.12. The summed E-state index contributed by atoms with van der Waals surface area (Å²) in [7, 11) is -0.630. The highest BCUT2D eigenvalue weighted by atomic mass is 32.2. The molecule has 57 heavy (non-hydrogen) atoms. The highest BCUT2D eigenvalue weighted by Gasteiger charge is 2.45. The first kappa shape index (κ1) is 40.6. The monoisotopic (exact) mass is 820 g/mol. The number of methoxy groups -OCH3 is 2. The number of thiophene rings is 1. The van der Waals surface area contributed by atoms with Crippen LogP contribution in [0.4, 0.5) is 19.5 Å². The number of ether oxygens (including phenoxy) is 2. The molecule has 3 aromatic carbocycles. The smallest absolute Gasteiger partial charge is 0.337 e. The lowest BCUT2D eigenvalue weighted by Crippen LogP contribution is -2.56. The molecule has 0 spiro atoms. The molecule has 2 saturated heterocycles. The summed E-state index contributed by atoms with van der Waals surface area (Å²) in [4.78, 5) is 42.6. The van der Waals surface area contributed by atoms with E-state index in [4.69, 9.17) is 9.47 Å². The van der Waals surface area contributed by atoms with Gasteiger partial charge in [0, 0.05) is 60.5 Å². The minimum absolute atomic E-state index is 0.0337. The topological polar surface area (TPSA) is 134 Å². The van der Waals surface area contributed by atoms with E-state index >= 15 is 8.78 Å². The number of carbonyl (C=O) groups excluding carboxylic acids is 3. The van der Waals surface area contributed by atoms with Gasteiger partial charge in [0.2, 0.25) is 10.0 Å². The van der Waals surface area contributed by atoms with Crippen molar-refractivity contribution in [2.45, 2.75) is 70.0 Å². The van der Waals surface area contributed by atoms with Gasteiger partial charge >= 0.3 is 5.97 Å². The van der Waals surface area contributed by atoms with Crippen molar-refractivity contribution in [2.24, 2.45) is 0 Å². The number of nitrogens with one attached hydrogen (secondary N) is 2. The molecule has 1 aliphatic carbocycles. The number of esters is 1. The van der Waals surface area contributed by atoms with Gasteiger partial charge in [-0.15, -0.1) is 11.3 Å². The number of benzene rings is 3. The molecule has 11 nitrogen and oxygen atoms in total. The molecule has 2 atom stereocenters. The zero-order chi connectivity index (χ0) is 40.3. The molecule has 2 unspecified atom stereocenters. The Labute approximate surface area is 335 Å². The Balaban J connectivity index is 1.02. The molecule has 4 aromatic rings. The number of hydrogen-bond acceptors (Lipinski definition) is 9. The maximum Gasteiger partial charge on any atom is 0.337 e. The maximum atomic E-state index is 15.3. The van der Waals surface area contributed by atoms with Crippen LogP contribution in [0.1, 0.15) is 83.9 Å². The van der Waals surface area contributed by atoms with E-state index in [0.717, 1.165) is 65.8 Å². The van der Waals surface area contributed by atoms with Crippen LogP contribution < -0.4 is 10.6 Å². The molecule has 7 rings (SSSR count). The Morgan fingerprint density at radius 2 is 1.54 bits per heavy atom. The number of nitrogens with zero attached hydrogens (tertiary/aromatic N) is 2. The molecular weight excluding hydrogens is 775 g/mol. The zero-order valence-electron chi connectivity index (χ0n) is 31.9. The molecular formula is C42H46F2N4O7S2.